The van der Waals surface area contributed by atoms with Crippen molar-refractivity contribution in [2.75, 3.05) is 26.5 Å². The zero-order valence-corrected chi connectivity index (χ0v) is 8.01. The highest BCUT2D eigenvalue weighted by molar-refractivity contribution is 4.42. The highest BCUT2D eigenvalue weighted by Gasteiger charge is 1.87. The minimum absolute atomic E-state index is 0.218. The van der Waals surface area contributed by atoms with Crippen LogP contribution >= 0.6 is 0 Å². The molecule has 0 aliphatic carbocycles. The van der Waals surface area contributed by atoms with Gasteiger partial charge >= 0.3 is 0 Å². The summed E-state index contributed by atoms with van der Waals surface area (Å²) in [6.45, 7) is 4.71. The predicted octanol–water partition coefficient (Wildman–Crippen LogP) is 1.12. The molecule has 2 N–H and O–H groups in total. The smallest absolute Gasteiger partial charge is 0.0965 e. The molecule has 0 aliphatic heterocycles. The largest absolute Gasteiger partial charge is 0.396 e. The first-order valence-corrected chi connectivity index (χ1v) is 4.81. The van der Waals surface area contributed by atoms with Gasteiger partial charge < -0.3 is 9.84 Å². The van der Waals surface area contributed by atoms with Crippen LogP contribution in [0.2, 0.25) is 0 Å². The number of hydrogen-bond acceptors (Lipinski definition) is 3. The number of nitrogens with one attached hydrogen (secondary N) is 1. The predicted molar refractivity (Wildman–Crippen MR) is 50.0 cm³/mol. The second kappa shape index (κ2) is 10.9. The molecule has 0 fully saturated rings. The third-order valence-electron chi connectivity index (χ3n) is 1.61. The van der Waals surface area contributed by atoms with Crippen LogP contribution in [0.1, 0.15) is 32.6 Å². The van der Waals surface area contributed by atoms with E-state index in [2.05, 4.69) is 12.2 Å². The molecule has 0 saturated carbocycles. The lowest BCUT2D eigenvalue weighted by atomic mass is 10.2. The number of unbranched alkanes of at least 4 members (excludes halogenated alkanes) is 2. The lowest BCUT2D eigenvalue weighted by molar-refractivity contribution is 0.101. The Labute approximate surface area is 75.1 Å². The van der Waals surface area contributed by atoms with Gasteiger partial charge in [-0.15, -0.1) is 0 Å². The third-order valence-corrected chi connectivity index (χ3v) is 1.61. The molecular formula is C9H21NO2. The van der Waals surface area contributed by atoms with Gasteiger partial charge in [-0.25, -0.2) is 0 Å². The SMILES string of the molecule is CCCCCNCOCCCO. The first-order valence-electron chi connectivity index (χ1n) is 4.81. The van der Waals surface area contributed by atoms with E-state index in [0.717, 1.165) is 13.0 Å². The molecule has 0 aromatic carbocycles. The molecule has 0 amide bonds. The van der Waals surface area contributed by atoms with Crippen molar-refractivity contribution < 1.29 is 9.84 Å². The van der Waals surface area contributed by atoms with Gasteiger partial charge in [-0.1, -0.05) is 19.8 Å². The molecule has 0 atom stereocenters. The third kappa shape index (κ3) is 9.88. The van der Waals surface area contributed by atoms with E-state index in [1.807, 2.05) is 0 Å². The molecule has 0 rings (SSSR count). The summed E-state index contributed by atoms with van der Waals surface area (Å²) >= 11 is 0. The standard InChI is InChI=1S/C9H21NO2/c1-2-3-4-6-10-9-12-8-5-7-11/h10-11H,2-9H2,1H3. The van der Waals surface area contributed by atoms with Gasteiger partial charge in [0, 0.05) is 6.61 Å². The van der Waals surface area contributed by atoms with Gasteiger partial charge in [0.1, 0.15) is 0 Å². The summed E-state index contributed by atoms with van der Waals surface area (Å²) in [6, 6.07) is 0. The van der Waals surface area contributed by atoms with Crippen molar-refractivity contribution in [3.05, 3.63) is 0 Å². The van der Waals surface area contributed by atoms with Crippen LogP contribution in [0.3, 0.4) is 0 Å². The Morgan fingerprint density at radius 1 is 1.25 bits per heavy atom. The van der Waals surface area contributed by atoms with Crippen LogP contribution in [-0.2, 0) is 4.74 Å². The minimum Gasteiger partial charge on any atom is -0.396 e. The molecule has 0 bridgehead atoms. The fourth-order valence-corrected chi connectivity index (χ4v) is 0.883. The number of hydrogen-bond donors (Lipinski definition) is 2. The van der Waals surface area contributed by atoms with E-state index in [0.29, 0.717) is 13.3 Å². The van der Waals surface area contributed by atoms with Gasteiger partial charge in [0.2, 0.25) is 0 Å². The van der Waals surface area contributed by atoms with Crippen LogP contribution < -0.4 is 5.32 Å². The van der Waals surface area contributed by atoms with Gasteiger partial charge in [0.05, 0.1) is 13.3 Å². The molecule has 3 heteroatoms. The average Bonchev–Trinajstić information content (AvgIpc) is 2.10. The van der Waals surface area contributed by atoms with Crippen LogP contribution in [0.4, 0.5) is 0 Å². The number of ether oxygens (including phenoxy) is 1. The molecule has 0 aromatic rings. The highest BCUT2D eigenvalue weighted by Crippen LogP contribution is 1.90. The topological polar surface area (TPSA) is 41.5 Å². The maximum atomic E-state index is 8.44. The zero-order chi connectivity index (χ0) is 9.07. The monoisotopic (exact) mass is 175 g/mol. The lowest BCUT2D eigenvalue weighted by Crippen LogP contribution is -2.19. The van der Waals surface area contributed by atoms with Crippen LogP contribution in [0.25, 0.3) is 0 Å². The van der Waals surface area contributed by atoms with Crippen molar-refractivity contribution in [2.45, 2.75) is 32.6 Å². The number of aliphatic hydroxyl groups excluding tert-OH is 1. The fourth-order valence-electron chi connectivity index (χ4n) is 0.883. The Morgan fingerprint density at radius 3 is 2.75 bits per heavy atom. The molecular weight excluding hydrogens is 154 g/mol. The number of rotatable bonds is 9. The van der Waals surface area contributed by atoms with Gasteiger partial charge in [0.15, 0.2) is 0 Å². The van der Waals surface area contributed by atoms with Crippen LogP contribution in [0.5, 0.6) is 0 Å². The van der Waals surface area contributed by atoms with Gasteiger partial charge in [-0.3, -0.25) is 5.32 Å². The van der Waals surface area contributed by atoms with Crippen molar-refractivity contribution in [3.8, 4) is 0 Å². The van der Waals surface area contributed by atoms with E-state index >= 15 is 0 Å². The first-order chi connectivity index (χ1) is 5.91. The maximum Gasteiger partial charge on any atom is 0.0965 e. The molecule has 74 valence electrons. The second-order valence-electron chi connectivity index (χ2n) is 2.84. The Balaban J connectivity index is 2.73. The Bertz CT molecular complexity index is 68.9. The van der Waals surface area contributed by atoms with E-state index in [1.165, 1.54) is 19.3 Å². The van der Waals surface area contributed by atoms with E-state index in [-0.39, 0.29) is 6.61 Å². The summed E-state index contributed by atoms with van der Waals surface area (Å²) in [5, 5.41) is 11.6. The van der Waals surface area contributed by atoms with E-state index in [1.54, 1.807) is 0 Å². The van der Waals surface area contributed by atoms with Gasteiger partial charge in [-0.05, 0) is 19.4 Å². The van der Waals surface area contributed by atoms with Crippen LogP contribution in [0.15, 0.2) is 0 Å². The normalized spacial score (nSPS) is 10.5. The van der Waals surface area contributed by atoms with E-state index in [4.69, 9.17) is 9.84 Å². The highest BCUT2D eigenvalue weighted by atomic mass is 16.5. The van der Waals surface area contributed by atoms with Crippen molar-refractivity contribution in [2.24, 2.45) is 0 Å². The van der Waals surface area contributed by atoms with Gasteiger partial charge in [-0.2, -0.15) is 0 Å². The van der Waals surface area contributed by atoms with Gasteiger partial charge in [0.25, 0.3) is 0 Å². The first kappa shape index (κ1) is 11.9. The molecule has 0 heterocycles. The molecule has 0 aromatic heterocycles. The van der Waals surface area contributed by atoms with E-state index in [9.17, 15) is 0 Å². The molecule has 0 saturated heterocycles. The Hall–Kier alpha value is -0.120. The summed E-state index contributed by atoms with van der Waals surface area (Å²) in [5.41, 5.74) is 0. The van der Waals surface area contributed by atoms with Crippen molar-refractivity contribution in [1.82, 2.24) is 5.32 Å². The Morgan fingerprint density at radius 2 is 2.08 bits per heavy atom. The van der Waals surface area contributed by atoms with Crippen molar-refractivity contribution in [3.63, 3.8) is 0 Å². The average molecular weight is 175 g/mol. The maximum absolute atomic E-state index is 8.44. The molecule has 0 spiro atoms. The number of aliphatic hydroxyl groups is 1. The second-order valence-corrected chi connectivity index (χ2v) is 2.84. The lowest BCUT2D eigenvalue weighted by Gasteiger charge is -2.04. The van der Waals surface area contributed by atoms with Crippen LogP contribution in [0, 0.1) is 0 Å². The molecule has 12 heavy (non-hydrogen) atoms. The molecule has 0 aliphatic rings. The summed E-state index contributed by atoms with van der Waals surface area (Å²) < 4.78 is 5.18. The summed E-state index contributed by atoms with van der Waals surface area (Å²) in [6.07, 6.45) is 4.49. The molecule has 0 unspecified atom stereocenters. The quantitative estimate of drug-likeness (QED) is 0.407. The van der Waals surface area contributed by atoms with Crippen molar-refractivity contribution >= 4 is 0 Å². The van der Waals surface area contributed by atoms with Crippen LogP contribution in [-0.4, -0.2) is 31.6 Å². The zero-order valence-electron chi connectivity index (χ0n) is 8.01. The molecule has 0 radical (unpaired) electrons. The minimum atomic E-state index is 0.218. The van der Waals surface area contributed by atoms with Crippen molar-refractivity contribution in [1.29, 1.82) is 0 Å². The summed E-state index contributed by atoms with van der Waals surface area (Å²) in [5.74, 6) is 0. The Kier molecular flexibility index (Phi) is 10.8. The van der Waals surface area contributed by atoms with E-state index < -0.39 is 0 Å². The fraction of sp³-hybridized carbons (Fsp3) is 1.00. The summed E-state index contributed by atoms with van der Waals surface area (Å²) in [7, 11) is 0. The summed E-state index contributed by atoms with van der Waals surface area (Å²) in [4.78, 5) is 0. The molecule has 3 nitrogen and oxygen atoms in total.